The number of carbonyl (C=O) groups excluding carboxylic acids is 1. The highest BCUT2D eigenvalue weighted by Crippen LogP contribution is 2.10. The second-order valence-electron chi connectivity index (χ2n) is 4.42. The molecule has 0 bridgehead atoms. The third-order valence-electron chi connectivity index (χ3n) is 3.35. The molecule has 0 unspecified atom stereocenters. The Morgan fingerprint density at radius 2 is 2.06 bits per heavy atom. The number of hydrogen-bond acceptors (Lipinski definition) is 3. The molecule has 0 atom stereocenters. The summed E-state index contributed by atoms with van der Waals surface area (Å²) in [5.74, 6) is 0.0304. The molecule has 18 heavy (non-hydrogen) atoms. The minimum absolute atomic E-state index is 0.0304. The van der Waals surface area contributed by atoms with E-state index in [1.807, 2.05) is 4.90 Å². The Labute approximate surface area is 107 Å². The molecule has 0 aromatic heterocycles. The van der Waals surface area contributed by atoms with Crippen LogP contribution in [-0.2, 0) is 0 Å². The Kier molecular flexibility index (Phi) is 3.96. The van der Waals surface area contributed by atoms with Crippen molar-refractivity contribution in [1.82, 2.24) is 9.80 Å². The first-order chi connectivity index (χ1) is 8.74. The summed E-state index contributed by atoms with van der Waals surface area (Å²) in [7, 11) is 0. The molecule has 1 aliphatic rings. The molecule has 1 heterocycles. The number of rotatable bonds is 2. The van der Waals surface area contributed by atoms with E-state index in [0.717, 1.165) is 32.7 Å². The molecule has 1 aromatic rings. The van der Waals surface area contributed by atoms with Crippen molar-refractivity contribution in [1.29, 1.82) is 5.26 Å². The van der Waals surface area contributed by atoms with Crippen molar-refractivity contribution < 1.29 is 4.79 Å². The molecular formula is C14H17N3O. The van der Waals surface area contributed by atoms with Gasteiger partial charge >= 0.3 is 0 Å². The Morgan fingerprint density at radius 3 is 2.67 bits per heavy atom. The fraction of sp³-hybridized carbons (Fsp3) is 0.429. The van der Waals surface area contributed by atoms with E-state index in [-0.39, 0.29) is 5.91 Å². The minimum Gasteiger partial charge on any atom is -0.336 e. The Balaban J connectivity index is 2.06. The van der Waals surface area contributed by atoms with Gasteiger partial charge in [-0.15, -0.1) is 0 Å². The average molecular weight is 243 g/mol. The fourth-order valence-electron chi connectivity index (χ4n) is 2.17. The van der Waals surface area contributed by atoms with Crippen LogP contribution in [-0.4, -0.2) is 48.4 Å². The van der Waals surface area contributed by atoms with Crippen LogP contribution in [0, 0.1) is 11.3 Å². The van der Waals surface area contributed by atoms with Crippen molar-refractivity contribution in [3.63, 3.8) is 0 Å². The van der Waals surface area contributed by atoms with Crippen molar-refractivity contribution >= 4 is 5.91 Å². The highest BCUT2D eigenvalue weighted by Gasteiger charge is 2.21. The molecule has 94 valence electrons. The minimum atomic E-state index is 0.0304. The molecule has 1 aliphatic heterocycles. The van der Waals surface area contributed by atoms with Crippen molar-refractivity contribution in [2.75, 3.05) is 32.7 Å². The van der Waals surface area contributed by atoms with Crippen LogP contribution >= 0.6 is 0 Å². The lowest BCUT2D eigenvalue weighted by Gasteiger charge is -2.34. The summed E-state index contributed by atoms with van der Waals surface area (Å²) in [5, 5.41) is 8.84. The van der Waals surface area contributed by atoms with Crippen molar-refractivity contribution in [3.05, 3.63) is 35.4 Å². The SMILES string of the molecule is CCN1CCN(C(=O)c2cccc(C#N)c2)CC1. The van der Waals surface area contributed by atoms with Crippen LogP contribution in [0.3, 0.4) is 0 Å². The second kappa shape index (κ2) is 5.65. The zero-order valence-corrected chi connectivity index (χ0v) is 10.6. The summed E-state index contributed by atoms with van der Waals surface area (Å²) >= 11 is 0. The highest BCUT2D eigenvalue weighted by atomic mass is 16.2. The highest BCUT2D eigenvalue weighted by molar-refractivity contribution is 5.94. The van der Waals surface area contributed by atoms with Gasteiger partial charge in [0.25, 0.3) is 5.91 Å². The van der Waals surface area contributed by atoms with Gasteiger partial charge in [0.05, 0.1) is 11.6 Å². The number of nitriles is 1. The maximum absolute atomic E-state index is 12.3. The molecule has 4 nitrogen and oxygen atoms in total. The van der Waals surface area contributed by atoms with Gasteiger partial charge in [-0.1, -0.05) is 13.0 Å². The van der Waals surface area contributed by atoms with E-state index in [2.05, 4.69) is 17.9 Å². The van der Waals surface area contributed by atoms with Crippen LogP contribution < -0.4 is 0 Å². The van der Waals surface area contributed by atoms with E-state index >= 15 is 0 Å². The predicted octanol–water partition coefficient (Wildman–Crippen LogP) is 1.34. The van der Waals surface area contributed by atoms with Gasteiger partial charge in [-0.3, -0.25) is 4.79 Å². The normalized spacial score (nSPS) is 16.3. The lowest BCUT2D eigenvalue weighted by molar-refractivity contribution is 0.0643. The lowest BCUT2D eigenvalue weighted by Crippen LogP contribution is -2.48. The topological polar surface area (TPSA) is 47.3 Å². The Morgan fingerprint density at radius 1 is 1.33 bits per heavy atom. The van der Waals surface area contributed by atoms with E-state index < -0.39 is 0 Å². The quantitative estimate of drug-likeness (QED) is 0.787. The van der Waals surface area contributed by atoms with Gasteiger partial charge in [0, 0.05) is 31.7 Å². The zero-order chi connectivity index (χ0) is 13.0. The fourth-order valence-corrected chi connectivity index (χ4v) is 2.17. The van der Waals surface area contributed by atoms with Gasteiger partial charge in [-0.25, -0.2) is 0 Å². The van der Waals surface area contributed by atoms with Gasteiger partial charge < -0.3 is 9.80 Å². The van der Waals surface area contributed by atoms with E-state index in [1.54, 1.807) is 24.3 Å². The van der Waals surface area contributed by atoms with Crippen LogP contribution in [0.25, 0.3) is 0 Å². The summed E-state index contributed by atoms with van der Waals surface area (Å²) in [5.41, 5.74) is 1.15. The van der Waals surface area contributed by atoms with Crippen LogP contribution in [0.4, 0.5) is 0 Å². The van der Waals surface area contributed by atoms with Crippen LogP contribution in [0.1, 0.15) is 22.8 Å². The number of carbonyl (C=O) groups is 1. The van der Waals surface area contributed by atoms with E-state index in [0.29, 0.717) is 11.1 Å². The Bertz CT molecular complexity index is 470. The predicted molar refractivity (Wildman–Crippen MR) is 69.2 cm³/mol. The molecule has 0 aliphatic carbocycles. The molecular weight excluding hydrogens is 226 g/mol. The first kappa shape index (κ1) is 12.6. The van der Waals surface area contributed by atoms with Crippen LogP contribution in [0.5, 0.6) is 0 Å². The summed E-state index contributed by atoms with van der Waals surface area (Å²) in [6.45, 7) is 6.56. The van der Waals surface area contributed by atoms with Gasteiger partial charge in [0.2, 0.25) is 0 Å². The molecule has 0 saturated carbocycles. The first-order valence-electron chi connectivity index (χ1n) is 6.26. The molecule has 1 saturated heterocycles. The molecule has 1 aromatic carbocycles. The van der Waals surface area contributed by atoms with E-state index in [1.165, 1.54) is 0 Å². The standard InChI is InChI=1S/C14H17N3O/c1-2-16-6-8-17(9-7-16)14(18)13-5-3-4-12(10-13)11-15/h3-5,10H,2,6-9H2,1H3. The Hall–Kier alpha value is -1.86. The smallest absolute Gasteiger partial charge is 0.253 e. The summed E-state index contributed by atoms with van der Waals surface area (Å²) < 4.78 is 0. The molecule has 1 fully saturated rings. The first-order valence-corrected chi connectivity index (χ1v) is 6.26. The maximum atomic E-state index is 12.3. The monoisotopic (exact) mass is 243 g/mol. The average Bonchev–Trinajstić information content (AvgIpc) is 2.46. The largest absolute Gasteiger partial charge is 0.336 e. The van der Waals surface area contributed by atoms with Crippen molar-refractivity contribution in [2.24, 2.45) is 0 Å². The number of piperazine rings is 1. The number of likely N-dealkylation sites (N-methyl/N-ethyl adjacent to an activating group) is 1. The molecule has 1 amide bonds. The lowest BCUT2D eigenvalue weighted by atomic mass is 10.1. The second-order valence-corrected chi connectivity index (χ2v) is 4.42. The summed E-state index contributed by atoms with van der Waals surface area (Å²) in [6, 6.07) is 8.97. The molecule has 0 N–H and O–H groups in total. The van der Waals surface area contributed by atoms with Gasteiger partial charge in [-0.05, 0) is 24.7 Å². The summed E-state index contributed by atoms with van der Waals surface area (Å²) in [4.78, 5) is 16.5. The van der Waals surface area contributed by atoms with Crippen LogP contribution in [0.2, 0.25) is 0 Å². The number of nitrogens with zero attached hydrogens (tertiary/aromatic N) is 3. The number of benzene rings is 1. The third kappa shape index (κ3) is 2.69. The van der Waals surface area contributed by atoms with Crippen LogP contribution in [0.15, 0.2) is 24.3 Å². The molecule has 0 radical (unpaired) electrons. The molecule has 0 spiro atoms. The van der Waals surface area contributed by atoms with Crippen molar-refractivity contribution in [3.8, 4) is 6.07 Å². The van der Waals surface area contributed by atoms with Crippen molar-refractivity contribution in [2.45, 2.75) is 6.92 Å². The summed E-state index contributed by atoms with van der Waals surface area (Å²) in [6.07, 6.45) is 0. The number of hydrogen-bond donors (Lipinski definition) is 0. The van der Waals surface area contributed by atoms with Gasteiger partial charge in [0.1, 0.15) is 0 Å². The van der Waals surface area contributed by atoms with Gasteiger partial charge in [-0.2, -0.15) is 5.26 Å². The van der Waals surface area contributed by atoms with E-state index in [9.17, 15) is 4.79 Å². The van der Waals surface area contributed by atoms with E-state index in [4.69, 9.17) is 5.26 Å². The number of amides is 1. The third-order valence-corrected chi connectivity index (χ3v) is 3.35. The molecule has 2 rings (SSSR count). The molecule has 4 heteroatoms. The zero-order valence-electron chi connectivity index (χ0n) is 10.6. The van der Waals surface area contributed by atoms with Gasteiger partial charge in [0.15, 0.2) is 0 Å². The maximum Gasteiger partial charge on any atom is 0.253 e.